The van der Waals surface area contributed by atoms with Crippen LogP contribution in [-0.4, -0.2) is 55.1 Å². The summed E-state index contributed by atoms with van der Waals surface area (Å²) in [7, 11) is 0. The maximum atomic E-state index is 12.7. The molecule has 2 rings (SSSR count). The lowest BCUT2D eigenvalue weighted by Gasteiger charge is -2.32. The lowest BCUT2D eigenvalue weighted by Crippen LogP contribution is -2.40. The number of carbonyl (C=O) groups excluding carboxylic acids is 1. The normalized spacial score (nSPS) is 15.5. The molecule has 134 valence electrons. The highest BCUT2D eigenvalue weighted by molar-refractivity contribution is 5.94. The zero-order chi connectivity index (χ0) is 17.4. The van der Waals surface area contributed by atoms with Gasteiger partial charge in [0.05, 0.1) is 5.56 Å². The van der Waals surface area contributed by atoms with E-state index >= 15 is 0 Å². The summed E-state index contributed by atoms with van der Waals surface area (Å²) in [4.78, 5) is 21.4. The summed E-state index contributed by atoms with van der Waals surface area (Å²) >= 11 is 0. The number of nitrogens with one attached hydrogen (secondary N) is 1. The molecular weight excluding hydrogens is 300 g/mol. The minimum Gasteiger partial charge on any atom is -0.357 e. The molecule has 0 saturated carbocycles. The van der Waals surface area contributed by atoms with E-state index in [2.05, 4.69) is 36.0 Å². The standard InChI is InChI=1S/C19H32N4O/c1-4-11-22(6-3)18-8-7-17(15-21-18)19(24)23-12-9-16(10-13-23)14-20-5-2/h7-8,15-16,20H,4-6,9-14H2,1-3H3. The minimum absolute atomic E-state index is 0.120. The van der Waals surface area contributed by atoms with Gasteiger partial charge in [0.15, 0.2) is 0 Å². The van der Waals surface area contributed by atoms with Crippen LogP contribution in [0.4, 0.5) is 5.82 Å². The van der Waals surface area contributed by atoms with Crippen LogP contribution in [0.3, 0.4) is 0 Å². The summed E-state index contributed by atoms with van der Waals surface area (Å²) in [5.74, 6) is 1.77. The average Bonchev–Trinajstić information content (AvgIpc) is 2.64. The van der Waals surface area contributed by atoms with Gasteiger partial charge in [0.1, 0.15) is 5.82 Å². The average molecular weight is 332 g/mol. The molecule has 5 nitrogen and oxygen atoms in total. The van der Waals surface area contributed by atoms with Crippen molar-refractivity contribution in [3.8, 4) is 0 Å². The van der Waals surface area contributed by atoms with Crippen LogP contribution in [0.5, 0.6) is 0 Å². The Hall–Kier alpha value is -1.62. The molecule has 0 aliphatic carbocycles. The lowest BCUT2D eigenvalue weighted by molar-refractivity contribution is 0.0690. The first-order valence-electron chi connectivity index (χ1n) is 9.40. The van der Waals surface area contributed by atoms with E-state index in [9.17, 15) is 4.79 Å². The fourth-order valence-electron chi connectivity index (χ4n) is 3.28. The summed E-state index contributed by atoms with van der Waals surface area (Å²) in [6.45, 7) is 12.2. The number of likely N-dealkylation sites (tertiary alicyclic amines) is 1. The predicted molar refractivity (Wildman–Crippen MR) is 99.6 cm³/mol. The number of piperidine rings is 1. The predicted octanol–water partition coefficient (Wildman–Crippen LogP) is 2.78. The molecule has 1 aromatic rings. The highest BCUT2D eigenvalue weighted by Gasteiger charge is 2.23. The van der Waals surface area contributed by atoms with Gasteiger partial charge in [-0.15, -0.1) is 0 Å². The molecule has 0 spiro atoms. The molecule has 2 heterocycles. The van der Waals surface area contributed by atoms with Crippen molar-refractivity contribution in [2.24, 2.45) is 5.92 Å². The van der Waals surface area contributed by atoms with E-state index in [0.717, 1.165) is 64.3 Å². The number of hydrogen-bond acceptors (Lipinski definition) is 4. The zero-order valence-electron chi connectivity index (χ0n) is 15.4. The lowest BCUT2D eigenvalue weighted by atomic mass is 9.96. The van der Waals surface area contributed by atoms with E-state index in [1.54, 1.807) is 6.20 Å². The van der Waals surface area contributed by atoms with Crippen LogP contribution >= 0.6 is 0 Å². The summed E-state index contributed by atoms with van der Waals surface area (Å²) in [5, 5.41) is 3.41. The van der Waals surface area contributed by atoms with Gasteiger partial charge in [-0.1, -0.05) is 13.8 Å². The number of anilines is 1. The molecule has 0 atom stereocenters. The van der Waals surface area contributed by atoms with Crippen LogP contribution in [0.15, 0.2) is 18.3 Å². The maximum Gasteiger partial charge on any atom is 0.255 e. The van der Waals surface area contributed by atoms with E-state index < -0.39 is 0 Å². The summed E-state index contributed by atoms with van der Waals surface area (Å²) < 4.78 is 0. The van der Waals surface area contributed by atoms with Gasteiger partial charge in [0.25, 0.3) is 5.91 Å². The Morgan fingerprint density at radius 3 is 2.58 bits per heavy atom. The third-order valence-corrected chi connectivity index (χ3v) is 4.78. The fraction of sp³-hybridized carbons (Fsp3) is 0.684. The molecule has 1 N–H and O–H groups in total. The van der Waals surface area contributed by atoms with Gasteiger partial charge in [0, 0.05) is 32.4 Å². The van der Waals surface area contributed by atoms with Gasteiger partial charge in [-0.05, 0) is 57.3 Å². The van der Waals surface area contributed by atoms with Crippen LogP contribution in [0.1, 0.15) is 50.4 Å². The van der Waals surface area contributed by atoms with E-state index in [0.29, 0.717) is 11.5 Å². The van der Waals surface area contributed by atoms with Gasteiger partial charge in [-0.25, -0.2) is 4.98 Å². The summed E-state index contributed by atoms with van der Waals surface area (Å²) in [6, 6.07) is 3.90. The van der Waals surface area contributed by atoms with Crippen LogP contribution in [0, 0.1) is 5.92 Å². The molecule has 5 heteroatoms. The van der Waals surface area contributed by atoms with E-state index in [1.165, 1.54) is 0 Å². The number of carbonyl (C=O) groups is 1. The van der Waals surface area contributed by atoms with Crippen LogP contribution in [0.25, 0.3) is 0 Å². The number of rotatable bonds is 8. The molecule has 1 amide bonds. The Balaban J connectivity index is 1.91. The van der Waals surface area contributed by atoms with Crippen molar-refractivity contribution in [3.63, 3.8) is 0 Å². The van der Waals surface area contributed by atoms with Gasteiger partial charge in [-0.2, -0.15) is 0 Å². The quantitative estimate of drug-likeness (QED) is 0.795. The SMILES string of the molecule is CCCN(CC)c1ccc(C(=O)N2CCC(CNCC)CC2)cn1. The number of pyridine rings is 1. The van der Waals surface area contributed by atoms with Crippen molar-refractivity contribution in [1.82, 2.24) is 15.2 Å². The molecule has 1 saturated heterocycles. The van der Waals surface area contributed by atoms with Crippen LogP contribution in [0.2, 0.25) is 0 Å². The topological polar surface area (TPSA) is 48.5 Å². The zero-order valence-corrected chi connectivity index (χ0v) is 15.4. The second kappa shape index (κ2) is 9.62. The Bertz CT molecular complexity index is 495. The van der Waals surface area contributed by atoms with Crippen LogP contribution in [-0.2, 0) is 0 Å². The van der Waals surface area contributed by atoms with E-state index in [4.69, 9.17) is 0 Å². The Kier molecular flexibility index (Phi) is 7.50. The third kappa shape index (κ3) is 4.94. The monoisotopic (exact) mass is 332 g/mol. The Labute approximate surface area is 146 Å². The second-order valence-electron chi connectivity index (χ2n) is 6.53. The van der Waals surface area contributed by atoms with Crippen molar-refractivity contribution >= 4 is 11.7 Å². The number of nitrogens with zero attached hydrogens (tertiary/aromatic N) is 3. The second-order valence-corrected chi connectivity index (χ2v) is 6.53. The van der Waals surface area contributed by atoms with Gasteiger partial charge < -0.3 is 15.1 Å². The Morgan fingerprint density at radius 2 is 2.04 bits per heavy atom. The van der Waals surface area contributed by atoms with E-state index in [1.807, 2.05) is 17.0 Å². The molecule has 0 radical (unpaired) electrons. The molecule has 1 fully saturated rings. The molecule has 1 aromatic heterocycles. The van der Waals surface area contributed by atoms with Crippen molar-refractivity contribution in [1.29, 1.82) is 0 Å². The molecule has 0 unspecified atom stereocenters. The van der Waals surface area contributed by atoms with E-state index in [-0.39, 0.29) is 5.91 Å². The molecule has 1 aliphatic heterocycles. The summed E-state index contributed by atoms with van der Waals surface area (Å²) in [6.07, 6.45) is 5.01. The van der Waals surface area contributed by atoms with Gasteiger partial charge in [-0.3, -0.25) is 4.79 Å². The van der Waals surface area contributed by atoms with Crippen LogP contribution < -0.4 is 10.2 Å². The van der Waals surface area contributed by atoms with Crippen molar-refractivity contribution in [2.75, 3.05) is 44.2 Å². The summed E-state index contributed by atoms with van der Waals surface area (Å²) in [5.41, 5.74) is 0.705. The number of amides is 1. The van der Waals surface area contributed by atoms with Crippen molar-refractivity contribution in [2.45, 2.75) is 40.0 Å². The third-order valence-electron chi connectivity index (χ3n) is 4.78. The maximum absolute atomic E-state index is 12.7. The Morgan fingerprint density at radius 1 is 1.29 bits per heavy atom. The highest BCUT2D eigenvalue weighted by atomic mass is 16.2. The molecule has 0 bridgehead atoms. The van der Waals surface area contributed by atoms with Crippen molar-refractivity contribution in [3.05, 3.63) is 23.9 Å². The first-order chi connectivity index (χ1) is 11.7. The highest BCUT2D eigenvalue weighted by Crippen LogP contribution is 2.19. The van der Waals surface area contributed by atoms with Crippen molar-refractivity contribution < 1.29 is 4.79 Å². The largest absolute Gasteiger partial charge is 0.357 e. The molecular formula is C19H32N4O. The minimum atomic E-state index is 0.120. The smallest absolute Gasteiger partial charge is 0.255 e. The molecule has 0 aromatic carbocycles. The fourth-order valence-corrected chi connectivity index (χ4v) is 3.28. The molecule has 1 aliphatic rings. The van der Waals surface area contributed by atoms with Gasteiger partial charge >= 0.3 is 0 Å². The number of hydrogen-bond donors (Lipinski definition) is 1. The molecule has 24 heavy (non-hydrogen) atoms. The number of aromatic nitrogens is 1. The first-order valence-corrected chi connectivity index (χ1v) is 9.40. The van der Waals surface area contributed by atoms with Gasteiger partial charge in [0.2, 0.25) is 0 Å². The first kappa shape index (κ1) is 18.7.